The quantitative estimate of drug-likeness (QED) is 0.696. The Bertz CT molecular complexity index is 315. The largest absolute Gasteiger partial charge is 0.383 e. The number of hydrogen-bond acceptors (Lipinski definition) is 5. The van der Waals surface area contributed by atoms with E-state index in [0.29, 0.717) is 12.6 Å². The molecule has 1 rings (SSSR count). The SMILES string of the molecule is CCCC(C)n1nnnc1C(C)NCCOC. The van der Waals surface area contributed by atoms with Gasteiger partial charge in [-0.1, -0.05) is 13.3 Å². The summed E-state index contributed by atoms with van der Waals surface area (Å²) in [4.78, 5) is 0. The van der Waals surface area contributed by atoms with Crippen LogP contribution in [0, 0.1) is 0 Å². The van der Waals surface area contributed by atoms with Gasteiger partial charge < -0.3 is 10.1 Å². The molecule has 0 fully saturated rings. The third kappa shape index (κ3) is 4.05. The summed E-state index contributed by atoms with van der Waals surface area (Å²) in [6.07, 6.45) is 2.22. The van der Waals surface area contributed by atoms with Gasteiger partial charge in [-0.3, -0.25) is 0 Å². The minimum Gasteiger partial charge on any atom is -0.383 e. The molecule has 1 aromatic rings. The van der Waals surface area contributed by atoms with Crippen LogP contribution in [-0.4, -0.2) is 40.5 Å². The highest BCUT2D eigenvalue weighted by molar-refractivity contribution is 4.91. The lowest BCUT2D eigenvalue weighted by Crippen LogP contribution is -2.26. The average molecular weight is 241 g/mol. The summed E-state index contributed by atoms with van der Waals surface area (Å²) in [6, 6.07) is 0.483. The summed E-state index contributed by atoms with van der Waals surface area (Å²) in [6.45, 7) is 7.87. The van der Waals surface area contributed by atoms with Crippen LogP contribution in [0.2, 0.25) is 0 Å². The van der Waals surface area contributed by atoms with Crippen LogP contribution in [0.3, 0.4) is 0 Å². The maximum Gasteiger partial charge on any atom is 0.168 e. The first-order valence-corrected chi connectivity index (χ1v) is 6.20. The Labute approximate surface area is 103 Å². The summed E-state index contributed by atoms with van der Waals surface area (Å²) < 4.78 is 6.92. The van der Waals surface area contributed by atoms with Crippen molar-refractivity contribution in [1.29, 1.82) is 0 Å². The number of methoxy groups -OCH3 is 1. The van der Waals surface area contributed by atoms with Gasteiger partial charge in [0.25, 0.3) is 0 Å². The van der Waals surface area contributed by atoms with Gasteiger partial charge in [-0.05, 0) is 30.7 Å². The molecule has 1 aromatic heterocycles. The molecule has 0 aliphatic carbocycles. The zero-order chi connectivity index (χ0) is 12.7. The fourth-order valence-electron chi connectivity index (χ4n) is 1.81. The highest BCUT2D eigenvalue weighted by atomic mass is 16.5. The molecule has 0 bridgehead atoms. The molecule has 0 amide bonds. The number of aromatic nitrogens is 4. The van der Waals surface area contributed by atoms with Crippen molar-refractivity contribution in [2.75, 3.05) is 20.3 Å². The van der Waals surface area contributed by atoms with Gasteiger partial charge in [-0.15, -0.1) is 5.10 Å². The van der Waals surface area contributed by atoms with Crippen molar-refractivity contribution in [2.24, 2.45) is 0 Å². The second-order valence-electron chi connectivity index (χ2n) is 4.29. The van der Waals surface area contributed by atoms with E-state index in [-0.39, 0.29) is 6.04 Å². The molecule has 1 heterocycles. The van der Waals surface area contributed by atoms with Crippen LogP contribution in [-0.2, 0) is 4.74 Å². The third-order valence-corrected chi connectivity index (χ3v) is 2.79. The van der Waals surface area contributed by atoms with Crippen molar-refractivity contribution in [3.63, 3.8) is 0 Å². The van der Waals surface area contributed by atoms with Crippen molar-refractivity contribution in [3.05, 3.63) is 5.82 Å². The lowest BCUT2D eigenvalue weighted by molar-refractivity contribution is 0.195. The maximum absolute atomic E-state index is 5.00. The Morgan fingerprint density at radius 2 is 2.18 bits per heavy atom. The fourth-order valence-corrected chi connectivity index (χ4v) is 1.81. The summed E-state index contributed by atoms with van der Waals surface area (Å²) >= 11 is 0. The van der Waals surface area contributed by atoms with E-state index >= 15 is 0 Å². The van der Waals surface area contributed by atoms with Gasteiger partial charge in [0.1, 0.15) is 0 Å². The van der Waals surface area contributed by atoms with Crippen LogP contribution >= 0.6 is 0 Å². The van der Waals surface area contributed by atoms with E-state index in [1.807, 2.05) is 4.68 Å². The zero-order valence-electron chi connectivity index (χ0n) is 11.2. The van der Waals surface area contributed by atoms with Crippen molar-refractivity contribution in [3.8, 4) is 0 Å². The highest BCUT2D eigenvalue weighted by Crippen LogP contribution is 2.16. The van der Waals surface area contributed by atoms with Gasteiger partial charge in [0.2, 0.25) is 0 Å². The van der Waals surface area contributed by atoms with Gasteiger partial charge in [-0.25, -0.2) is 4.68 Å². The minimum absolute atomic E-state index is 0.138. The van der Waals surface area contributed by atoms with Crippen LogP contribution in [0.1, 0.15) is 51.5 Å². The smallest absolute Gasteiger partial charge is 0.168 e. The fraction of sp³-hybridized carbons (Fsp3) is 0.909. The number of tetrazole rings is 1. The summed E-state index contributed by atoms with van der Waals surface area (Å²) in [7, 11) is 1.69. The van der Waals surface area contributed by atoms with Crippen LogP contribution in [0.25, 0.3) is 0 Å². The topological polar surface area (TPSA) is 64.9 Å². The van der Waals surface area contributed by atoms with E-state index in [0.717, 1.165) is 25.2 Å². The Morgan fingerprint density at radius 3 is 2.82 bits per heavy atom. The molecule has 98 valence electrons. The lowest BCUT2D eigenvalue weighted by Gasteiger charge is -2.17. The monoisotopic (exact) mass is 241 g/mol. The average Bonchev–Trinajstić information content (AvgIpc) is 2.78. The van der Waals surface area contributed by atoms with Crippen LogP contribution in [0.15, 0.2) is 0 Å². The first-order valence-electron chi connectivity index (χ1n) is 6.20. The molecule has 0 aliphatic rings. The highest BCUT2D eigenvalue weighted by Gasteiger charge is 2.17. The van der Waals surface area contributed by atoms with Crippen molar-refractivity contribution in [2.45, 2.75) is 45.7 Å². The molecule has 6 nitrogen and oxygen atoms in total. The maximum atomic E-state index is 5.00. The molecule has 0 radical (unpaired) electrons. The number of rotatable bonds is 8. The first-order chi connectivity index (χ1) is 8.20. The summed E-state index contributed by atoms with van der Waals surface area (Å²) in [5.74, 6) is 0.891. The van der Waals surface area contributed by atoms with Crippen molar-refractivity contribution >= 4 is 0 Å². The molecule has 1 N–H and O–H groups in total. The van der Waals surface area contributed by atoms with Crippen LogP contribution in [0.5, 0.6) is 0 Å². The first kappa shape index (κ1) is 14.1. The molecule has 0 aromatic carbocycles. The van der Waals surface area contributed by atoms with Crippen molar-refractivity contribution < 1.29 is 4.74 Å². The molecule has 0 spiro atoms. The van der Waals surface area contributed by atoms with Crippen molar-refractivity contribution in [1.82, 2.24) is 25.5 Å². The molecule has 0 aliphatic heterocycles. The summed E-state index contributed by atoms with van der Waals surface area (Å²) in [5.41, 5.74) is 0. The molecule has 2 atom stereocenters. The minimum atomic E-state index is 0.138. The number of hydrogen-bond donors (Lipinski definition) is 1. The Balaban J connectivity index is 2.60. The summed E-state index contributed by atoms with van der Waals surface area (Å²) in [5, 5.41) is 15.3. The number of nitrogens with one attached hydrogen (secondary N) is 1. The Kier molecular flexibility index (Phi) is 6.07. The molecular weight excluding hydrogens is 218 g/mol. The van der Waals surface area contributed by atoms with E-state index in [1.54, 1.807) is 7.11 Å². The van der Waals surface area contributed by atoms with Gasteiger partial charge in [0, 0.05) is 13.7 Å². The number of ether oxygens (including phenoxy) is 1. The Morgan fingerprint density at radius 1 is 1.41 bits per heavy atom. The second kappa shape index (κ2) is 7.34. The van der Waals surface area contributed by atoms with E-state index in [4.69, 9.17) is 4.74 Å². The number of nitrogens with zero attached hydrogens (tertiary/aromatic N) is 4. The predicted molar refractivity (Wildman–Crippen MR) is 65.7 cm³/mol. The standard InChI is InChI=1S/C11H23N5O/c1-5-6-9(2)16-11(13-14-15-16)10(3)12-7-8-17-4/h9-10,12H,5-8H2,1-4H3. The van der Waals surface area contributed by atoms with Gasteiger partial charge in [0.05, 0.1) is 18.7 Å². The van der Waals surface area contributed by atoms with Gasteiger partial charge >= 0.3 is 0 Å². The molecule has 0 saturated heterocycles. The third-order valence-electron chi connectivity index (χ3n) is 2.79. The molecule has 2 unspecified atom stereocenters. The molecule has 0 saturated carbocycles. The van der Waals surface area contributed by atoms with Crippen LogP contribution < -0.4 is 5.32 Å². The van der Waals surface area contributed by atoms with E-state index in [2.05, 4.69) is 41.6 Å². The van der Waals surface area contributed by atoms with Gasteiger partial charge in [-0.2, -0.15) is 0 Å². The van der Waals surface area contributed by atoms with E-state index < -0.39 is 0 Å². The molecule has 6 heteroatoms. The molecular formula is C11H23N5O. The molecule has 17 heavy (non-hydrogen) atoms. The second-order valence-corrected chi connectivity index (χ2v) is 4.29. The Hall–Kier alpha value is -1.01. The zero-order valence-corrected chi connectivity index (χ0v) is 11.2. The van der Waals surface area contributed by atoms with Gasteiger partial charge in [0.15, 0.2) is 5.82 Å². The van der Waals surface area contributed by atoms with E-state index in [9.17, 15) is 0 Å². The normalized spacial score (nSPS) is 14.8. The predicted octanol–water partition coefficient (Wildman–Crippen LogP) is 1.33. The lowest BCUT2D eigenvalue weighted by atomic mass is 10.2. The van der Waals surface area contributed by atoms with Crippen LogP contribution in [0.4, 0.5) is 0 Å². The van der Waals surface area contributed by atoms with E-state index in [1.165, 1.54) is 0 Å².